The molecule has 2 fully saturated rings. The predicted molar refractivity (Wildman–Crippen MR) is 83.9 cm³/mol. The van der Waals surface area contributed by atoms with E-state index in [0.29, 0.717) is 24.7 Å². The molecule has 0 bridgehead atoms. The zero-order valence-corrected chi connectivity index (χ0v) is 13.8. The lowest BCUT2D eigenvalue weighted by Crippen LogP contribution is -2.35. The Hall–Kier alpha value is -1.47. The Kier molecular flexibility index (Phi) is 5.27. The van der Waals surface area contributed by atoms with Gasteiger partial charge in [-0.15, -0.1) is 0 Å². The topological polar surface area (TPSA) is 82.7 Å². The van der Waals surface area contributed by atoms with Gasteiger partial charge in [0.15, 0.2) is 5.69 Å². The van der Waals surface area contributed by atoms with Crippen LogP contribution in [-0.2, 0) is 0 Å². The second kappa shape index (κ2) is 7.40. The van der Waals surface area contributed by atoms with Crippen LogP contribution in [0, 0.1) is 18.8 Å². The highest BCUT2D eigenvalue weighted by molar-refractivity contribution is 5.93. The molecule has 2 saturated heterocycles. The van der Waals surface area contributed by atoms with E-state index >= 15 is 0 Å². The summed E-state index contributed by atoms with van der Waals surface area (Å²) in [6.07, 6.45) is 5.13. The van der Waals surface area contributed by atoms with E-state index in [9.17, 15) is 9.90 Å². The summed E-state index contributed by atoms with van der Waals surface area (Å²) in [6, 6.07) is 0. The summed E-state index contributed by atoms with van der Waals surface area (Å²) in [4.78, 5) is 16.8. The number of amides is 1. The highest BCUT2D eigenvalue weighted by Gasteiger charge is 2.37. The fourth-order valence-corrected chi connectivity index (χ4v) is 3.74. The number of aromatic nitrogens is 2. The average Bonchev–Trinajstić information content (AvgIpc) is 3.06. The first-order valence-corrected chi connectivity index (χ1v) is 8.60. The zero-order chi connectivity index (χ0) is 16.2. The molecule has 2 atom stereocenters. The molecular weight excluding hydrogens is 296 g/mol. The molecule has 23 heavy (non-hydrogen) atoms. The lowest BCUT2D eigenvalue weighted by atomic mass is 9.96. The Balaban J connectivity index is 1.63. The van der Waals surface area contributed by atoms with Crippen molar-refractivity contribution in [2.24, 2.45) is 11.8 Å². The molecule has 2 aliphatic rings. The van der Waals surface area contributed by atoms with Gasteiger partial charge in [-0.25, -0.2) is 4.63 Å². The number of hydrogen-bond acceptors (Lipinski definition) is 6. The Morgan fingerprint density at radius 1 is 1.17 bits per heavy atom. The maximum absolute atomic E-state index is 12.6. The van der Waals surface area contributed by atoms with Crippen molar-refractivity contribution >= 4 is 5.91 Å². The molecule has 3 rings (SSSR count). The van der Waals surface area contributed by atoms with Crippen molar-refractivity contribution in [1.29, 1.82) is 0 Å². The van der Waals surface area contributed by atoms with Crippen molar-refractivity contribution in [1.82, 2.24) is 20.1 Å². The third-order valence-electron chi connectivity index (χ3n) is 5.14. The minimum absolute atomic E-state index is 0.123. The van der Waals surface area contributed by atoms with E-state index in [1.54, 1.807) is 11.8 Å². The number of hydrogen-bond donors (Lipinski definition) is 1. The van der Waals surface area contributed by atoms with Crippen LogP contribution in [0.25, 0.3) is 0 Å². The van der Waals surface area contributed by atoms with Crippen molar-refractivity contribution in [2.45, 2.75) is 32.6 Å². The minimum Gasteiger partial charge on any atom is -0.396 e. The van der Waals surface area contributed by atoms with Crippen LogP contribution in [0.4, 0.5) is 0 Å². The zero-order valence-electron chi connectivity index (χ0n) is 13.8. The average molecular weight is 322 g/mol. The highest BCUT2D eigenvalue weighted by Crippen LogP contribution is 2.26. The Bertz CT molecular complexity index is 525. The van der Waals surface area contributed by atoms with Gasteiger partial charge in [-0.2, -0.15) is 0 Å². The second-order valence-electron chi connectivity index (χ2n) is 6.83. The SMILES string of the molecule is Cc1nonc1C(=O)N1C[C@@H](CN2CCCCCC2)[C@@H](CO)C1. The van der Waals surface area contributed by atoms with Crippen LogP contribution in [0.2, 0.25) is 0 Å². The first-order valence-electron chi connectivity index (χ1n) is 8.60. The Morgan fingerprint density at radius 3 is 2.48 bits per heavy atom. The number of carbonyl (C=O) groups excluding carboxylic acids is 1. The molecule has 0 aromatic carbocycles. The number of likely N-dealkylation sites (tertiary alicyclic amines) is 2. The molecule has 1 N–H and O–H groups in total. The van der Waals surface area contributed by atoms with Crippen molar-refractivity contribution in [3.63, 3.8) is 0 Å². The van der Waals surface area contributed by atoms with E-state index in [1.165, 1.54) is 25.7 Å². The maximum Gasteiger partial charge on any atom is 0.278 e. The second-order valence-corrected chi connectivity index (χ2v) is 6.83. The molecule has 0 radical (unpaired) electrons. The van der Waals surface area contributed by atoms with Crippen LogP contribution in [-0.4, -0.2) is 70.5 Å². The van der Waals surface area contributed by atoms with E-state index in [0.717, 1.165) is 19.6 Å². The summed E-state index contributed by atoms with van der Waals surface area (Å²) >= 11 is 0. The van der Waals surface area contributed by atoms with Crippen LogP contribution in [0.3, 0.4) is 0 Å². The number of rotatable bonds is 4. The van der Waals surface area contributed by atoms with E-state index in [1.807, 2.05) is 0 Å². The normalized spacial score (nSPS) is 26.4. The van der Waals surface area contributed by atoms with Crippen LogP contribution < -0.4 is 0 Å². The van der Waals surface area contributed by atoms with Gasteiger partial charge in [0.2, 0.25) is 0 Å². The van der Waals surface area contributed by atoms with Crippen molar-refractivity contribution in [2.75, 3.05) is 39.3 Å². The Morgan fingerprint density at radius 2 is 1.87 bits per heavy atom. The summed E-state index contributed by atoms with van der Waals surface area (Å²) in [5, 5.41) is 17.1. The smallest absolute Gasteiger partial charge is 0.278 e. The van der Waals surface area contributed by atoms with Gasteiger partial charge >= 0.3 is 0 Å². The predicted octanol–water partition coefficient (Wildman–Crippen LogP) is 0.935. The number of aliphatic hydroxyl groups is 1. The minimum atomic E-state index is -0.138. The van der Waals surface area contributed by atoms with Gasteiger partial charge in [0.25, 0.3) is 5.91 Å². The molecule has 0 spiro atoms. The molecule has 0 aliphatic carbocycles. The van der Waals surface area contributed by atoms with Crippen LogP contribution in [0.5, 0.6) is 0 Å². The first-order chi connectivity index (χ1) is 11.2. The summed E-state index contributed by atoms with van der Waals surface area (Å²) in [7, 11) is 0. The van der Waals surface area contributed by atoms with Gasteiger partial charge in [-0.05, 0) is 43.9 Å². The van der Waals surface area contributed by atoms with Gasteiger partial charge in [0, 0.05) is 32.2 Å². The lowest BCUT2D eigenvalue weighted by Gasteiger charge is -2.26. The molecule has 0 unspecified atom stereocenters. The van der Waals surface area contributed by atoms with Gasteiger partial charge < -0.3 is 14.9 Å². The van der Waals surface area contributed by atoms with Gasteiger partial charge in [-0.1, -0.05) is 18.0 Å². The monoisotopic (exact) mass is 322 g/mol. The highest BCUT2D eigenvalue weighted by atomic mass is 16.6. The molecule has 7 nitrogen and oxygen atoms in total. The standard InChI is InChI=1S/C16H26N4O3/c1-12-15(18-23-17-12)16(22)20-9-13(14(10-20)11-21)8-19-6-4-2-3-5-7-19/h13-14,21H,2-11H2,1H3/t13-,14-/m1/s1. The molecule has 0 saturated carbocycles. The van der Waals surface area contributed by atoms with Gasteiger partial charge in [-0.3, -0.25) is 4.79 Å². The first kappa shape index (κ1) is 16.4. The van der Waals surface area contributed by atoms with Crippen molar-refractivity contribution < 1.29 is 14.5 Å². The summed E-state index contributed by atoms with van der Waals surface area (Å²) < 4.78 is 4.64. The lowest BCUT2D eigenvalue weighted by molar-refractivity contribution is 0.0767. The number of nitrogens with zero attached hydrogens (tertiary/aromatic N) is 4. The molecule has 1 aromatic rings. The quantitative estimate of drug-likeness (QED) is 0.888. The molecule has 128 valence electrons. The van der Waals surface area contributed by atoms with Gasteiger partial charge in [0.1, 0.15) is 5.69 Å². The number of carbonyl (C=O) groups is 1. The Labute approximate surface area is 136 Å². The van der Waals surface area contributed by atoms with Crippen LogP contribution >= 0.6 is 0 Å². The fraction of sp³-hybridized carbons (Fsp3) is 0.812. The molecular formula is C16H26N4O3. The molecule has 3 heterocycles. The number of aliphatic hydroxyl groups excluding tert-OH is 1. The molecule has 1 amide bonds. The van der Waals surface area contributed by atoms with Crippen molar-refractivity contribution in [3.8, 4) is 0 Å². The molecule has 7 heteroatoms. The number of aryl methyl sites for hydroxylation is 1. The van der Waals surface area contributed by atoms with E-state index in [2.05, 4.69) is 19.8 Å². The van der Waals surface area contributed by atoms with E-state index in [-0.39, 0.29) is 24.1 Å². The van der Waals surface area contributed by atoms with Crippen LogP contribution in [0.15, 0.2) is 4.63 Å². The van der Waals surface area contributed by atoms with E-state index < -0.39 is 0 Å². The third kappa shape index (κ3) is 3.72. The third-order valence-corrected chi connectivity index (χ3v) is 5.14. The van der Waals surface area contributed by atoms with E-state index in [4.69, 9.17) is 0 Å². The molecule has 2 aliphatic heterocycles. The molecule has 1 aromatic heterocycles. The largest absolute Gasteiger partial charge is 0.396 e. The fourth-order valence-electron chi connectivity index (χ4n) is 3.74. The van der Waals surface area contributed by atoms with Crippen molar-refractivity contribution in [3.05, 3.63) is 11.4 Å². The van der Waals surface area contributed by atoms with Crippen LogP contribution in [0.1, 0.15) is 41.9 Å². The van der Waals surface area contributed by atoms with Gasteiger partial charge in [0.05, 0.1) is 0 Å². The summed E-state index contributed by atoms with van der Waals surface area (Å²) in [6.45, 7) is 6.33. The summed E-state index contributed by atoms with van der Waals surface area (Å²) in [5.41, 5.74) is 0.809. The summed E-state index contributed by atoms with van der Waals surface area (Å²) in [5.74, 6) is 0.324. The maximum atomic E-state index is 12.6.